The number of carbonyl (C=O) groups excluding carboxylic acids is 1. The molecular formula is C10H13N5O2. The Bertz CT molecular complexity index is 530. The van der Waals surface area contributed by atoms with Gasteiger partial charge in [0.2, 0.25) is 11.8 Å². The van der Waals surface area contributed by atoms with Crippen molar-refractivity contribution in [1.29, 1.82) is 0 Å². The minimum atomic E-state index is -0.289. The lowest BCUT2D eigenvalue weighted by Crippen LogP contribution is -2.27. The highest BCUT2D eigenvalue weighted by Gasteiger charge is 2.17. The zero-order valence-corrected chi connectivity index (χ0v) is 9.60. The Morgan fingerprint density at radius 2 is 2.35 bits per heavy atom. The van der Waals surface area contributed by atoms with Gasteiger partial charge < -0.3 is 15.1 Å². The maximum atomic E-state index is 11.9. The van der Waals surface area contributed by atoms with Gasteiger partial charge in [-0.15, -0.1) is 5.10 Å². The quantitative estimate of drug-likeness (QED) is 0.809. The normalized spacial score (nSPS) is 10.5. The molecule has 2 heterocycles. The summed E-state index contributed by atoms with van der Waals surface area (Å²) in [5.41, 5.74) is 5.33. The molecule has 0 aliphatic rings. The summed E-state index contributed by atoms with van der Waals surface area (Å²) in [6, 6.07) is 3.67. The third-order valence-electron chi connectivity index (χ3n) is 2.24. The van der Waals surface area contributed by atoms with Crippen LogP contribution in [0.1, 0.15) is 22.1 Å². The molecule has 0 radical (unpaired) electrons. The van der Waals surface area contributed by atoms with Crippen LogP contribution in [0.5, 0.6) is 0 Å². The lowest BCUT2D eigenvalue weighted by molar-refractivity contribution is 0.0763. The Labute approximate surface area is 97.6 Å². The molecular weight excluding hydrogens is 222 g/mol. The number of H-pyrrole nitrogens is 1. The van der Waals surface area contributed by atoms with Crippen LogP contribution in [0.2, 0.25) is 0 Å². The van der Waals surface area contributed by atoms with E-state index in [9.17, 15) is 4.79 Å². The highest BCUT2D eigenvalue weighted by Crippen LogP contribution is 2.10. The second kappa shape index (κ2) is 4.28. The molecule has 3 N–H and O–H groups in total. The number of aryl methyl sites for hydroxylation is 1. The summed E-state index contributed by atoms with van der Waals surface area (Å²) in [5.74, 6) is 1.41. The molecule has 90 valence electrons. The van der Waals surface area contributed by atoms with E-state index >= 15 is 0 Å². The zero-order valence-electron chi connectivity index (χ0n) is 9.60. The van der Waals surface area contributed by atoms with Gasteiger partial charge in [-0.2, -0.15) is 4.98 Å². The number of hydrogen-bond acceptors (Lipinski definition) is 5. The Morgan fingerprint density at radius 3 is 2.88 bits per heavy atom. The van der Waals surface area contributed by atoms with Crippen LogP contribution in [-0.4, -0.2) is 33.0 Å². The zero-order chi connectivity index (χ0) is 12.4. The van der Waals surface area contributed by atoms with Gasteiger partial charge in [-0.3, -0.25) is 9.89 Å². The number of nitrogens with two attached hydrogens (primary N) is 1. The van der Waals surface area contributed by atoms with Crippen LogP contribution in [-0.2, 0) is 6.54 Å². The summed E-state index contributed by atoms with van der Waals surface area (Å²) in [6.45, 7) is 2.22. The van der Waals surface area contributed by atoms with E-state index in [0.717, 1.165) is 5.76 Å². The van der Waals surface area contributed by atoms with Crippen LogP contribution in [0.3, 0.4) is 0 Å². The van der Waals surface area contributed by atoms with Gasteiger partial charge >= 0.3 is 0 Å². The molecule has 17 heavy (non-hydrogen) atoms. The molecule has 2 aromatic rings. The van der Waals surface area contributed by atoms with E-state index in [0.29, 0.717) is 12.3 Å². The number of aromatic amines is 1. The van der Waals surface area contributed by atoms with Crippen LogP contribution >= 0.6 is 0 Å². The van der Waals surface area contributed by atoms with Crippen molar-refractivity contribution in [3.8, 4) is 0 Å². The summed E-state index contributed by atoms with van der Waals surface area (Å²) >= 11 is 0. The van der Waals surface area contributed by atoms with Crippen molar-refractivity contribution in [2.45, 2.75) is 13.5 Å². The molecule has 0 aliphatic carbocycles. The van der Waals surface area contributed by atoms with Crippen LogP contribution < -0.4 is 5.73 Å². The number of aromatic nitrogens is 3. The van der Waals surface area contributed by atoms with Crippen molar-refractivity contribution in [3.05, 3.63) is 29.5 Å². The first-order valence-electron chi connectivity index (χ1n) is 5.05. The second-order valence-corrected chi connectivity index (χ2v) is 3.72. The number of anilines is 1. The standard InChI is InChI=1S/C10H13N5O2/c1-6-3-4-7(17-6)5-15(2)9(16)8-12-10(11)14-13-8/h3-4H,5H2,1-2H3,(H3,11,12,13,14). The first-order chi connectivity index (χ1) is 8.06. The SMILES string of the molecule is Cc1ccc(CN(C)C(=O)c2nc(N)n[nH]2)o1. The lowest BCUT2D eigenvalue weighted by atomic mass is 10.4. The smallest absolute Gasteiger partial charge is 0.291 e. The molecule has 7 nitrogen and oxygen atoms in total. The number of carbonyl (C=O) groups is 1. The number of hydrogen-bond donors (Lipinski definition) is 2. The van der Waals surface area contributed by atoms with Gasteiger partial charge in [0.15, 0.2) is 0 Å². The molecule has 2 aromatic heterocycles. The van der Waals surface area contributed by atoms with Crippen LogP contribution in [0.25, 0.3) is 0 Å². The van der Waals surface area contributed by atoms with Crippen molar-refractivity contribution < 1.29 is 9.21 Å². The van der Waals surface area contributed by atoms with Gasteiger partial charge in [-0.05, 0) is 19.1 Å². The fourth-order valence-corrected chi connectivity index (χ4v) is 1.43. The molecule has 0 fully saturated rings. The van der Waals surface area contributed by atoms with E-state index in [1.54, 1.807) is 7.05 Å². The molecule has 0 spiro atoms. The molecule has 0 bridgehead atoms. The average molecular weight is 235 g/mol. The van der Waals surface area contributed by atoms with Gasteiger partial charge in [-0.1, -0.05) is 0 Å². The van der Waals surface area contributed by atoms with Crippen molar-refractivity contribution in [2.24, 2.45) is 0 Å². The molecule has 2 rings (SSSR count). The van der Waals surface area contributed by atoms with Gasteiger partial charge in [0, 0.05) is 7.05 Å². The number of nitrogens with zero attached hydrogens (tertiary/aromatic N) is 3. The fourth-order valence-electron chi connectivity index (χ4n) is 1.43. The fraction of sp³-hybridized carbons (Fsp3) is 0.300. The predicted octanol–water partition coefficient (Wildman–Crippen LogP) is 0.561. The number of nitrogens with one attached hydrogen (secondary N) is 1. The molecule has 1 amide bonds. The number of furan rings is 1. The lowest BCUT2D eigenvalue weighted by Gasteiger charge is -2.13. The highest BCUT2D eigenvalue weighted by molar-refractivity contribution is 5.90. The summed E-state index contributed by atoms with van der Waals surface area (Å²) in [7, 11) is 1.65. The maximum Gasteiger partial charge on any atom is 0.291 e. The van der Waals surface area contributed by atoms with E-state index in [-0.39, 0.29) is 17.7 Å². The topological polar surface area (TPSA) is 101 Å². The predicted molar refractivity (Wildman–Crippen MR) is 60.0 cm³/mol. The third-order valence-corrected chi connectivity index (χ3v) is 2.24. The Kier molecular flexibility index (Phi) is 2.82. The van der Waals surface area contributed by atoms with Crippen molar-refractivity contribution in [3.63, 3.8) is 0 Å². The minimum absolute atomic E-state index is 0.0515. The van der Waals surface area contributed by atoms with Gasteiger partial charge in [0.1, 0.15) is 11.5 Å². The Balaban J connectivity index is 2.05. The van der Waals surface area contributed by atoms with Crippen LogP contribution in [0.15, 0.2) is 16.5 Å². The molecule has 0 saturated carbocycles. The van der Waals surface area contributed by atoms with E-state index in [2.05, 4.69) is 15.2 Å². The summed E-state index contributed by atoms with van der Waals surface area (Å²) in [4.78, 5) is 17.1. The Morgan fingerprint density at radius 1 is 1.59 bits per heavy atom. The maximum absolute atomic E-state index is 11.9. The number of rotatable bonds is 3. The largest absolute Gasteiger partial charge is 0.464 e. The van der Waals surface area contributed by atoms with E-state index in [4.69, 9.17) is 10.2 Å². The van der Waals surface area contributed by atoms with Crippen LogP contribution in [0, 0.1) is 6.92 Å². The average Bonchev–Trinajstić information content (AvgIpc) is 2.87. The van der Waals surface area contributed by atoms with Crippen LogP contribution in [0.4, 0.5) is 5.95 Å². The van der Waals surface area contributed by atoms with E-state index < -0.39 is 0 Å². The summed E-state index contributed by atoms with van der Waals surface area (Å²) in [5, 5.41) is 6.07. The molecule has 0 aromatic carbocycles. The third kappa shape index (κ3) is 2.44. The monoisotopic (exact) mass is 235 g/mol. The summed E-state index contributed by atoms with van der Waals surface area (Å²) in [6.07, 6.45) is 0. The molecule has 0 unspecified atom stereocenters. The molecule has 7 heteroatoms. The van der Waals surface area contributed by atoms with E-state index in [1.165, 1.54) is 4.90 Å². The van der Waals surface area contributed by atoms with E-state index in [1.807, 2.05) is 19.1 Å². The molecule has 0 atom stereocenters. The number of nitrogen functional groups attached to an aromatic ring is 1. The Hall–Kier alpha value is -2.31. The first kappa shape index (κ1) is 11.2. The molecule has 0 saturated heterocycles. The highest BCUT2D eigenvalue weighted by atomic mass is 16.3. The van der Waals surface area contributed by atoms with Crippen molar-refractivity contribution in [1.82, 2.24) is 20.1 Å². The first-order valence-corrected chi connectivity index (χ1v) is 5.05. The van der Waals surface area contributed by atoms with Crippen molar-refractivity contribution in [2.75, 3.05) is 12.8 Å². The van der Waals surface area contributed by atoms with Crippen molar-refractivity contribution >= 4 is 11.9 Å². The summed E-state index contributed by atoms with van der Waals surface area (Å²) < 4.78 is 5.38. The van der Waals surface area contributed by atoms with Gasteiger partial charge in [-0.25, -0.2) is 0 Å². The minimum Gasteiger partial charge on any atom is -0.464 e. The number of amides is 1. The molecule has 0 aliphatic heterocycles. The second-order valence-electron chi connectivity index (χ2n) is 3.72. The van der Waals surface area contributed by atoms with Gasteiger partial charge in [0.25, 0.3) is 5.91 Å². The van der Waals surface area contributed by atoms with Gasteiger partial charge in [0.05, 0.1) is 6.54 Å².